The Morgan fingerprint density at radius 2 is 1.11 bits per heavy atom. The fourth-order valence-corrected chi connectivity index (χ4v) is 5.88. The number of aliphatic carboxylic acids is 1. The average molecular weight is 759 g/mol. The molecule has 0 heterocycles. The van der Waals surface area contributed by atoms with Crippen LogP contribution in [0.25, 0.3) is 0 Å². The molecular formula is C46H80NO7+. The van der Waals surface area contributed by atoms with E-state index >= 15 is 0 Å². The number of rotatable bonds is 37. The van der Waals surface area contributed by atoms with Crippen LogP contribution in [0.15, 0.2) is 60.8 Å². The van der Waals surface area contributed by atoms with Crippen molar-refractivity contribution in [3.63, 3.8) is 0 Å². The monoisotopic (exact) mass is 759 g/mol. The Balaban J connectivity index is 4.40. The molecule has 0 radical (unpaired) electrons. The van der Waals surface area contributed by atoms with Gasteiger partial charge in [0.05, 0.1) is 34.4 Å². The minimum atomic E-state index is -0.882. The van der Waals surface area contributed by atoms with Gasteiger partial charge in [-0.05, 0) is 64.2 Å². The van der Waals surface area contributed by atoms with Gasteiger partial charge in [0, 0.05) is 19.3 Å². The van der Waals surface area contributed by atoms with Gasteiger partial charge in [-0.15, -0.1) is 0 Å². The number of likely N-dealkylation sites (N-methyl/N-ethyl adjacent to an activating group) is 1. The SMILES string of the molecule is CC/C=C/C=C/C=C/CCCCCCCC(=O)OCC(COCCC(C(=O)O)[N+](C)(C)C)OC(=O)CCCCCCCCC/C=C/C/C=C/CCCCC. The number of ether oxygens (including phenoxy) is 3. The number of esters is 2. The molecule has 0 fully saturated rings. The molecule has 1 N–H and O–H groups in total. The van der Waals surface area contributed by atoms with Crippen molar-refractivity contribution in [2.45, 2.75) is 174 Å². The van der Waals surface area contributed by atoms with Gasteiger partial charge in [-0.1, -0.05) is 139 Å². The summed E-state index contributed by atoms with van der Waals surface area (Å²) in [7, 11) is 5.51. The van der Waals surface area contributed by atoms with Gasteiger partial charge in [0.25, 0.3) is 0 Å². The smallest absolute Gasteiger partial charge is 0.362 e. The Kier molecular flexibility index (Phi) is 34.9. The van der Waals surface area contributed by atoms with E-state index in [2.05, 4.69) is 68.5 Å². The summed E-state index contributed by atoms with van der Waals surface area (Å²) < 4.78 is 17.2. The first-order chi connectivity index (χ1) is 26.1. The van der Waals surface area contributed by atoms with E-state index in [0.29, 0.717) is 19.3 Å². The van der Waals surface area contributed by atoms with Crippen LogP contribution >= 0.6 is 0 Å². The number of carbonyl (C=O) groups is 3. The van der Waals surface area contributed by atoms with Crippen LogP contribution in [-0.2, 0) is 28.6 Å². The highest BCUT2D eigenvalue weighted by Gasteiger charge is 2.31. The van der Waals surface area contributed by atoms with Gasteiger partial charge >= 0.3 is 17.9 Å². The number of quaternary nitrogens is 1. The van der Waals surface area contributed by atoms with E-state index < -0.39 is 18.1 Å². The minimum absolute atomic E-state index is 0.0487. The number of hydrogen-bond donors (Lipinski definition) is 1. The van der Waals surface area contributed by atoms with Crippen LogP contribution in [0.3, 0.4) is 0 Å². The Bertz CT molecular complexity index is 1070. The van der Waals surface area contributed by atoms with Crippen LogP contribution in [0.4, 0.5) is 0 Å². The van der Waals surface area contributed by atoms with Gasteiger partial charge in [0.1, 0.15) is 6.61 Å². The molecule has 8 heteroatoms. The molecule has 0 aliphatic heterocycles. The molecule has 0 rings (SSSR count). The van der Waals surface area contributed by atoms with Gasteiger partial charge in [-0.3, -0.25) is 9.59 Å². The van der Waals surface area contributed by atoms with Crippen LogP contribution in [0.2, 0.25) is 0 Å². The summed E-state index contributed by atoms with van der Waals surface area (Å²) in [6.07, 6.45) is 44.0. The number of carboxylic acid groups (broad SMARTS) is 1. The Morgan fingerprint density at radius 1 is 0.593 bits per heavy atom. The normalized spacial score (nSPS) is 13.6. The van der Waals surface area contributed by atoms with Gasteiger partial charge < -0.3 is 23.8 Å². The van der Waals surface area contributed by atoms with E-state index in [1.54, 1.807) is 0 Å². The van der Waals surface area contributed by atoms with Crippen LogP contribution in [-0.4, -0.2) is 80.6 Å². The molecule has 0 aromatic carbocycles. The summed E-state index contributed by atoms with van der Waals surface area (Å²) in [6.45, 7) is 4.53. The van der Waals surface area contributed by atoms with Crippen LogP contribution in [0, 0.1) is 0 Å². The lowest BCUT2D eigenvalue weighted by Crippen LogP contribution is -2.50. The summed E-state index contributed by atoms with van der Waals surface area (Å²) in [5.41, 5.74) is 0. The molecule has 0 aliphatic rings. The number of hydrogen-bond acceptors (Lipinski definition) is 6. The van der Waals surface area contributed by atoms with Crippen LogP contribution in [0.5, 0.6) is 0 Å². The maximum Gasteiger partial charge on any atom is 0.362 e. The van der Waals surface area contributed by atoms with Crippen molar-refractivity contribution in [1.82, 2.24) is 0 Å². The maximum absolute atomic E-state index is 12.7. The molecule has 2 atom stereocenters. The molecule has 8 nitrogen and oxygen atoms in total. The lowest BCUT2D eigenvalue weighted by atomic mass is 10.1. The standard InChI is InChI=1S/C46H79NO7/c1-6-8-10-12-14-16-18-20-21-22-23-25-27-29-31-33-35-37-45(49)54-42(40-52-39-38-43(46(50)51)47(3,4)5)41-53-44(48)36-34-32-30-28-26-24-19-17-15-13-11-9-7-2/h9,11,13-17,19-21,42-43H,6-8,10,12,18,22-41H2,1-5H3/p+1/b11-9+,15-13+,16-14+,19-17+,21-20+. The van der Waals surface area contributed by atoms with E-state index in [1.165, 1.54) is 51.4 Å². The Morgan fingerprint density at radius 3 is 1.67 bits per heavy atom. The first kappa shape index (κ1) is 51.0. The number of nitrogens with zero attached hydrogens (tertiary/aromatic N) is 1. The molecule has 0 aromatic rings. The lowest BCUT2D eigenvalue weighted by molar-refractivity contribution is -0.887. The molecule has 0 spiro atoms. The second-order valence-corrected chi connectivity index (χ2v) is 15.3. The molecule has 310 valence electrons. The van der Waals surface area contributed by atoms with Crippen molar-refractivity contribution in [3.05, 3.63) is 60.8 Å². The molecule has 0 aliphatic carbocycles. The summed E-state index contributed by atoms with van der Waals surface area (Å²) >= 11 is 0. The molecule has 0 bridgehead atoms. The van der Waals surface area contributed by atoms with Gasteiger partial charge in [-0.2, -0.15) is 0 Å². The molecule has 0 saturated carbocycles. The highest BCUT2D eigenvalue weighted by Crippen LogP contribution is 2.13. The Labute approximate surface area is 330 Å². The summed E-state index contributed by atoms with van der Waals surface area (Å²) in [5, 5.41) is 9.61. The molecular weight excluding hydrogens is 679 g/mol. The Hall–Kier alpha value is -2.97. The largest absolute Gasteiger partial charge is 0.477 e. The number of carbonyl (C=O) groups excluding carboxylic acids is 2. The van der Waals surface area contributed by atoms with Crippen molar-refractivity contribution in [1.29, 1.82) is 0 Å². The molecule has 54 heavy (non-hydrogen) atoms. The predicted octanol–water partition coefficient (Wildman–Crippen LogP) is 11.4. The molecule has 0 amide bonds. The van der Waals surface area contributed by atoms with Crippen LogP contribution < -0.4 is 0 Å². The number of allylic oxidation sites excluding steroid dienone is 10. The highest BCUT2D eigenvalue weighted by atomic mass is 16.6. The zero-order valence-electron chi connectivity index (χ0n) is 35.2. The average Bonchev–Trinajstić information content (AvgIpc) is 3.12. The minimum Gasteiger partial charge on any atom is -0.477 e. The van der Waals surface area contributed by atoms with Gasteiger partial charge in [0.2, 0.25) is 0 Å². The van der Waals surface area contributed by atoms with Crippen LogP contribution in [0.1, 0.15) is 162 Å². The third-order valence-corrected chi connectivity index (χ3v) is 9.21. The molecule has 0 saturated heterocycles. The number of carboxylic acids is 1. The topological polar surface area (TPSA) is 99.1 Å². The van der Waals surface area contributed by atoms with E-state index in [1.807, 2.05) is 27.2 Å². The highest BCUT2D eigenvalue weighted by molar-refractivity contribution is 5.72. The fourth-order valence-electron chi connectivity index (χ4n) is 5.88. The summed E-state index contributed by atoms with van der Waals surface area (Å²) in [6, 6.07) is -0.621. The number of unbranched alkanes of at least 4 members (excludes halogenated alkanes) is 15. The van der Waals surface area contributed by atoms with Crippen molar-refractivity contribution in [2.75, 3.05) is 41.0 Å². The van der Waals surface area contributed by atoms with E-state index in [4.69, 9.17) is 14.2 Å². The first-order valence-electron chi connectivity index (χ1n) is 21.4. The van der Waals surface area contributed by atoms with Crippen molar-refractivity contribution < 1.29 is 38.2 Å². The summed E-state index contributed by atoms with van der Waals surface area (Å²) in [5.74, 6) is -1.51. The van der Waals surface area contributed by atoms with Crippen molar-refractivity contribution in [3.8, 4) is 0 Å². The zero-order valence-corrected chi connectivity index (χ0v) is 35.2. The quantitative estimate of drug-likeness (QED) is 0.0221. The molecule has 0 aromatic heterocycles. The third-order valence-electron chi connectivity index (χ3n) is 9.21. The zero-order chi connectivity index (χ0) is 40.0. The van der Waals surface area contributed by atoms with Crippen molar-refractivity contribution in [2.24, 2.45) is 0 Å². The predicted molar refractivity (Wildman–Crippen MR) is 224 cm³/mol. The van der Waals surface area contributed by atoms with E-state index in [0.717, 1.165) is 77.0 Å². The third kappa shape index (κ3) is 34.8. The molecule has 2 unspecified atom stereocenters. The van der Waals surface area contributed by atoms with Gasteiger partial charge in [-0.25, -0.2) is 4.79 Å². The second-order valence-electron chi connectivity index (χ2n) is 15.3. The maximum atomic E-state index is 12.7. The second kappa shape index (κ2) is 37.0. The van der Waals surface area contributed by atoms with Gasteiger partial charge in [0.15, 0.2) is 12.1 Å². The summed E-state index contributed by atoms with van der Waals surface area (Å²) in [4.78, 5) is 36.9. The fraction of sp³-hybridized carbons (Fsp3) is 0.717. The lowest BCUT2D eigenvalue weighted by Gasteiger charge is -2.31. The first-order valence-corrected chi connectivity index (χ1v) is 21.4. The van der Waals surface area contributed by atoms with E-state index in [9.17, 15) is 19.5 Å². The van der Waals surface area contributed by atoms with Crippen molar-refractivity contribution >= 4 is 17.9 Å². The van der Waals surface area contributed by atoms with E-state index in [-0.39, 0.29) is 36.2 Å².